The number of nitrogens with one attached hydrogen (secondary N) is 1. The van der Waals surface area contributed by atoms with E-state index >= 15 is 0 Å². The molecule has 0 saturated carbocycles. The van der Waals surface area contributed by atoms with Gasteiger partial charge in [-0.1, -0.05) is 0 Å². The summed E-state index contributed by atoms with van der Waals surface area (Å²) in [5.74, 6) is -0.717. The molecule has 0 aliphatic rings. The summed E-state index contributed by atoms with van der Waals surface area (Å²) in [6.07, 6.45) is 0. The van der Waals surface area contributed by atoms with Gasteiger partial charge in [-0.25, -0.2) is 13.2 Å². The lowest BCUT2D eigenvalue weighted by Gasteiger charge is -2.07. The van der Waals surface area contributed by atoms with Gasteiger partial charge in [0.15, 0.2) is 9.84 Å². The van der Waals surface area contributed by atoms with Crippen LogP contribution in [0.3, 0.4) is 0 Å². The van der Waals surface area contributed by atoms with E-state index in [1.54, 1.807) is 12.1 Å². The van der Waals surface area contributed by atoms with Crippen LogP contribution in [0, 0.1) is 0 Å². The second-order valence-electron chi connectivity index (χ2n) is 3.88. The third-order valence-corrected chi connectivity index (χ3v) is 3.93. The Morgan fingerprint density at radius 3 is 2.50 bits per heavy atom. The predicted octanol–water partition coefficient (Wildman–Crippen LogP) is 0.117. The minimum absolute atomic E-state index is 0.129. The monoisotopic (exact) mass is 303 g/mol. The van der Waals surface area contributed by atoms with Gasteiger partial charge in [0.25, 0.3) is 0 Å². The lowest BCUT2D eigenvalue weighted by molar-refractivity contribution is -0.142. The second kappa shape index (κ2) is 7.83. The number of aliphatic carboxylic acids is 1. The Labute approximate surface area is 117 Å². The SMILES string of the molecule is COc1ccc(S(=O)(=O)CNCCOCC(=O)O)cc1. The lowest BCUT2D eigenvalue weighted by atomic mass is 10.3. The first-order valence-corrected chi connectivity index (χ1v) is 7.48. The van der Waals surface area contributed by atoms with Crippen molar-refractivity contribution in [2.45, 2.75) is 4.90 Å². The van der Waals surface area contributed by atoms with Crippen LogP contribution in [0.1, 0.15) is 0 Å². The van der Waals surface area contributed by atoms with E-state index in [9.17, 15) is 13.2 Å². The van der Waals surface area contributed by atoms with Gasteiger partial charge >= 0.3 is 5.97 Å². The number of sulfone groups is 1. The Hall–Kier alpha value is -1.64. The number of methoxy groups -OCH3 is 1. The van der Waals surface area contributed by atoms with E-state index in [1.807, 2.05) is 0 Å². The summed E-state index contributed by atoms with van der Waals surface area (Å²) in [6.45, 7) is -0.0139. The normalized spacial score (nSPS) is 11.2. The average molecular weight is 303 g/mol. The highest BCUT2D eigenvalue weighted by Crippen LogP contribution is 2.15. The van der Waals surface area contributed by atoms with Crippen LogP contribution in [0.5, 0.6) is 5.75 Å². The van der Waals surface area contributed by atoms with Crippen LogP contribution in [0.2, 0.25) is 0 Å². The second-order valence-corrected chi connectivity index (χ2v) is 5.87. The molecule has 1 aromatic rings. The number of ether oxygens (including phenoxy) is 2. The molecule has 0 spiro atoms. The van der Waals surface area contributed by atoms with Gasteiger partial charge in [-0.2, -0.15) is 0 Å². The number of hydrogen-bond acceptors (Lipinski definition) is 6. The highest BCUT2D eigenvalue weighted by molar-refractivity contribution is 7.91. The molecule has 0 aliphatic heterocycles. The fraction of sp³-hybridized carbons (Fsp3) is 0.417. The summed E-state index contributed by atoms with van der Waals surface area (Å²) < 4.78 is 33.6. The molecule has 0 atom stereocenters. The molecule has 1 aromatic carbocycles. The van der Waals surface area contributed by atoms with Gasteiger partial charge in [0.05, 0.1) is 18.6 Å². The van der Waals surface area contributed by atoms with Crippen molar-refractivity contribution < 1.29 is 27.8 Å². The quantitative estimate of drug-likeness (QED) is 0.625. The van der Waals surface area contributed by atoms with Crippen LogP contribution in [0.4, 0.5) is 0 Å². The Balaban J connectivity index is 2.39. The van der Waals surface area contributed by atoms with Crippen molar-refractivity contribution in [2.24, 2.45) is 0 Å². The maximum absolute atomic E-state index is 11.9. The lowest BCUT2D eigenvalue weighted by Crippen LogP contribution is -2.27. The van der Waals surface area contributed by atoms with Gasteiger partial charge in [-0.05, 0) is 24.3 Å². The van der Waals surface area contributed by atoms with Crippen molar-refractivity contribution in [1.82, 2.24) is 5.32 Å². The molecule has 2 N–H and O–H groups in total. The maximum atomic E-state index is 11.9. The first-order valence-electron chi connectivity index (χ1n) is 5.83. The minimum atomic E-state index is -3.43. The summed E-state index contributed by atoms with van der Waals surface area (Å²) >= 11 is 0. The molecule has 112 valence electrons. The predicted molar refractivity (Wildman–Crippen MR) is 71.5 cm³/mol. The highest BCUT2D eigenvalue weighted by Gasteiger charge is 2.13. The van der Waals surface area contributed by atoms with Crippen molar-refractivity contribution >= 4 is 15.8 Å². The van der Waals surface area contributed by atoms with Crippen LogP contribution < -0.4 is 10.1 Å². The fourth-order valence-electron chi connectivity index (χ4n) is 1.38. The zero-order chi connectivity index (χ0) is 15.0. The van der Waals surface area contributed by atoms with Crippen molar-refractivity contribution in [2.75, 3.05) is 32.7 Å². The van der Waals surface area contributed by atoms with E-state index in [4.69, 9.17) is 14.6 Å². The fourth-order valence-corrected chi connectivity index (χ4v) is 2.51. The molecule has 0 aromatic heterocycles. The number of carbonyl (C=O) groups is 1. The first kappa shape index (κ1) is 16.4. The first-order chi connectivity index (χ1) is 9.45. The molecular weight excluding hydrogens is 286 g/mol. The van der Waals surface area contributed by atoms with Crippen molar-refractivity contribution in [3.8, 4) is 5.75 Å². The molecule has 0 fully saturated rings. The van der Waals surface area contributed by atoms with E-state index in [0.717, 1.165) is 0 Å². The third kappa shape index (κ3) is 5.55. The minimum Gasteiger partial charge on any atom is -0.497 e. The molecule has 7 nitrogen and oxygen atoms in total. The van der Waals surface area contributed by atoms with E-state index < -0.39 is 22.4 Å². The van der Waals surface area contributed by atoms with Gasteiger partial charge in [-0.15, -0.1) is 0 Å². The molecule has 20 heavy (non-hydrogen) atoms. The number of carboxylic acids is 1. The molecular formula is C12H17NO6S. The number of benzene rings is 1. The third-order valence-electron chi connectivity index (χ3n) is 2.36. The highest BCUT2D eigenvalue weighted by atomic mass is 32.2. The van der Waals surface area contributed by atoms with Crippen LogP contribution >= 0.6 is 0 Å². The van der Waals surface area contributed by atoms with Crippen LogP contribution in [0.15, 0.2) is 29.2 Å². The molecule has 0 heterocycles. The average Bonchev–Trinajstić information content (AvgIpc) is 2.42. The van der Waals surface area contributed by atoms with Gasteiger partial charge in [0.1, 0.15) is 18.2 Å². The van der Waals surface area contributed by atoms with E-state index in [0.29, 0.717) is 5.75 Å². The Bertz CT molecular complexity index is 525. The van der Waals surface area contributed by atoms with Gasteiger partial charge in [-0.3, -0.25) is 0 Å². The Morgan fingerprint density at radius 1 is 1.30 bits per heavy atom. The van der Waals surface area contributed by atoms with E-state index in [-0.39, 0.29) is 23.9 Å². The summed E-state index contributed by atoms with van der Waals surface area (Å²) in [4.78, 5) is 10.4. The van der Waals surface area contributed by atoms with Crippen molar-refractivity contribution in [3.63, 3.8) is 0 Å². The van der Waals surface area contributed by atoms with E-state index in [2.05, 4.69) is 5.32 Å². The molecule has 8 heteroatoms. The molecule has 1 rings (SSSR count). The van der Waals surface area contributed by atoms with Crippen molar-refractivity contribution in [1.29, 1.82) is 0 Å². The summed E-state index contributed by atoms with van der Waals surface area (Å²) in [6, 6.07) is 6.08. The van der Waals surface area contributed by atoms with Crippen molar-refractivity contribution in [3.05, 3.63) is 24.3 Å². The Kier molecular flexibility index (Phi) is 6.43. The standard InChI is InChI=1S/C12H17NO6S/c1-18-10-2-4-11(5-3-10)20(16,17)9-13-6-7-19-8-12(14)15/h2-5,13H,6-9H2,1H3,(H,14,15). The molecule has 0 saturated heterocycles. The van der Waals surface area contributed by atoms with Crippen LogP contribution in [-0.4, -0.2) is 52.2 Å². The molecule has 0 unspecified atom stereocenters. The van der Waals surface area contributed by atoms with Gasteiger partial charge in [0.2, 0.25) is 0 Å². The molecule has 0 aliphatic carbocycles. The van der Waals surface area contributed by atoms with Gasteiger partial charge < -0.3 is 19.9 Å². The largest absolute Gasteiger partial charge is 0.497 e. The van der Waals surface area contributed by atoms with E-state index in [1.165, 1.54) is 19.2 Å². The molecule has 0 amide bonds. The maximum Gasteiger partial charge on any atom is 0.329 e. The molecule has 0 radical (unpaired) electrons. The van der Waals surface area contributed by atoms with Crippen LogP contribution in [-0.2, 0) is 19.4 Å². The molecule has 0 bridgehead atoms. The van der Waals surface area contributed by atoms with Crippen LogP contribution in [0.25, 0.3) is 0 Å². The topological polar surface area (TPSA) is 102 Å². The zero-order valence-electron chi connectivity index (χ0n) is 11.0. The summed E-state index contributed by atoms with van der Waals surface area (Å²) in [5, 5.41) is 11.0. The number of carboxylic acid groups (broad SMARTS) is 1. The van der Waals surface area contributed by atoms with Gasteiger partial charge in [0, 0.05) is 6.54 Å². The summed E-state index contributed by atoms with van der Waals surface area (Å²) in [5.41, 5.74) is 0. The zero-order valence-corrected chi connectivity index (χ0v) is 11.9. The number of hydrogen-bond donors (Lipinski definition) is 2. The summed E-state index contributed by atoms with van der Waals surface area (Å²) in [7, 11) is -1.93. The number of rotatable bonds is 9. The smallest absolute Gasteiger partial charge is 0.329 e. The Morgan fingerprint density at radius 2 is 1.95 bits per heavy atom.